The zero-order valence-corrected chi connectivity index (χ0v) is 14.2. The Hall–Kier alpha value is -1.82. The summed E-state index contributed by atoms with van der Waals surface area (Å²) in [6.45, 7) is 9.12. The lowest BCUT2D eigenvalue weighted by Gasteiger charge is -2.18. The first-order valence-corrected chi connectivity index (χ1v) is 8.59. The molecule has 1 aliphatic carbocycles. The molecule has 0 nitrogen and oxygen atoms in total. The fourth-order valence-corrected chi connectivity index (χ4v) is 3.59. The van der Waals surface area contributed by atoms with Crippen molar-refractivity contribution < 1.29 is 0 Å². The van der Waals surface area contributed by atoms with Gasteiger partial charge >= 0.3 is 0 Å². The predicted molar refractivity (Wildman–Crippen MR) is 97.3 cm³/mol. The lowest BCUT2D eigenvalue weighted by Crippen LogP contribution is -1.99. The molecule has 0 bridgehead atoms. The molecule has 0 aromatic heterocycles. The van der Waals surface area contributed by atoms with Gasteiger partial charge in [0.1, 0.15) is 0 Å². The first-order chi connectivity index (χ1) is 10.7. The van der Waals surface area contributed by atoms with Gasteiger partial charge in [0.25, 0.3) is 0 Å². The van der Waals surface area contributed by atoms with Gasteiger partial charge in [0, 0.05) is 0 Å². The molecule has 114 valence electrons. The average Bonchev–Trinajstić information content (AvgIpc) is 2.96. The number of hydrogen-bond donors (Lipinski definition) is 0. The molecule has 3 rings (SSSR count). The highest BCUT2D eigenvalue weighted by Gasteiger charge is 2.20. The number of aryl methyl sites for hydroxylation is 1. The molecular weight excluding hydrogens is 264 g/mol. The van der Waals surface area contributed by atoms with Crippen LogP contribution in [0, 0.1) is 0 Å². The van der Waals surface area contributed by atoms with Gasteiger partial charge < -0.3 is 0 Å². The minimum atomic E-state index is 0.549. The fraction of sp³-hybridized carbons (Fsp3) is 0.364. The predicted octanol–water partition coefficient (Wildman–Crippen LogP) is 6.39. The third-order valence-corrected chi connectivity index (χ3v) is 4.88. The van der Waals surface area contributed by atoms with Crippen molar-refractivity contribution in [2.45, 2.75) is 52.9 Å². The summed E-state index contributed by atoms with van der Waals surface area (Å²) in [7, 11) is 0. The van der Waals surface area contributed by atoms with Gasteiger partial charge in [0.2, 0.25) is 0 Å². The van der Waals surface area contributed by atoms with Crippen LogP contribution in [0.3, 0.4) is 0 Å². The molecule has 22 heavy (non-hydrogen) atoms. The molecule has 0 fully saturated rings. The fourth-order valence-electron chi connectivity index (χ4n) is 3.59. The van der Waals surface area contributed by atoms with Crippen molar-refractivity contribution in [1.29, 1.82) is 0 Å². The molecule has 0 heteroatoms. The topological polar surface area (TPSA) is 0 Å². The van der Waals surface area contributed by atoms with Crippen LogP contribution in [-0.2, 0) is 12.8 Å². The quantitative estimate of drug-likeness (QED) is 0.612. The number of hydrogen-bond acceptors (Lipinski definition) is 0. The van der Waals surface area contributed by atoms with Crippen LogP contribution < -0.4 is 0 Å². The Balaban J connectivity index is 2.28. The van der Waals surface area contributed by atoms with Crippen LogP contribution in [0.5, 0.6) is 0 Å². The minimum Gasteiger partial charge on any atom is -0.0655 e. The summed E-state index contributed by atoms with van der Waals surface area (Å²) in [5.41, 5.74) is 10.4. The SMILES string of the molecule is CCC1=Cc2c(ccc(CC)c2-c2ccccc2C(C)C)C1. The maximum Gasteiger partial charge on any atom is -0.00577 e. The average molecular weight is 290 g/mol. The van der Waals surface area contributed by atoms with Crippen molar-refractivity contribution in [3.05, 3.63) is 64.2 Å². The molecular formula is C22H26. The van der Waals surface area contributed by atoms with Crippen LogP contribution in [0.15, 0.2) is 42.0 Å². The van der Waals surface area contributed by atoms with E-state index in [-0.39, 0.29) is 0 Å². The lowest BCUT2D eigenvalue weighted by atomic mass is 9.86. The summed E-state index contributed by atoms with van der Waals surface area (Å²) in [6.07, 6.45) is 5.82. The second-order valence-electron chi connectivity index (χ2n) is 6.60. The van der Waals surface area contributed by atoms with Crippen molar-refractivity contribution in [3.8, 4) is 11.1 Å². The van der Waals surface area contributed by atoms with E-state index in [0.717, 1.165) is 19.3 Å². The smallest absolute Gasteiger partial charge is 0.00577 e. The van der Waals surface area contributed by atoms with Crippen LogP contribution in [0.4, 0.5) is 0 Å². The van der Waals surface area contributed by atoms with Gasteiger partial charge in [-0.3, -0.25) is 0 Å². The molecule has 0 radical (unpaired) electrons. The largest absolute Gasteiger partial charge is 0.0655 e. The van der Waals surface area contributed by atoms with Gasteiger partial charge in [-0.25, -0.2) is 0 Å². The molecule has 0 N–H and O–H groups in total. The van der Waals surface area contributed by atoms with Crippen molar-refractivity contribution in [2.24, 2.45) is 0 Å². The van der Waals surface area contributed by atoms with Crippen LogP contribution in [-0.4, -0.2) is 0 Å². The molecule has 0 spiro atoms. The zero-order chi connectivity index (χ0) is 15.7. The number of rotatable bonds is 4. The molecule has 0 heterocycles. The normalized spacial score (nSPS) is 13.4. The maximum atomic E-state index is 2.45. The Morgan fingerprint density at radius 3 is 2.41 bits per heavy atom. The highest BCUT2D eigenvalue weighted by Crippen LogP contribution is 2.40. The molecule has 0 amide bonds. The summed E-state index contributed by atoms with van der Waals surface area (Å²) in [4.78, 5) is 0. The van der Waals surface area contributed by atoms with Gasteiger partial charge in [-0.15, -0.1) is 0 Å². The molecule has 0 aliphatic heterocycles. The molecule has 0 saturated heterocycles. The van der Waals surface area contributed by atoms with E-state index in [1.54, 1.807) is 5.57 Å². The van der Waals surface area contributed by atoms with E-state index in [1.807, 2.05) is 0 Å². The maximum absolute atomic E-state index is 2.45. The Morgan fingerprint density at radius 1 is 0.955 bits per heavy atom. The van der Waals surface area contributed by atoms with Crippen molar-refractivity contribution >= 4 is 6.08 Å². The van der Waals surface area contributed by atoms with Gasteiger partial charge in [0.05, 0.1) is 0 Å². The Kier molecular flexibility index (Phi) is 4.20. The van der Waals surface area contributed by atoms with Crippen molar-refractivity contribution in [1.82, 2.24) is 0 Å². The molecule has 0 atom stereocenters. The van der Waals surface area contributed by atoms with Crippen LogP contribution in [0.2, 0.25) is 0 Å². The summed E-state index contributed by atoms with van der Waals surface area (Å²) < 4.78 is 0. The highest BCUT2D eigenvalue weighted by atomic mass is 14.2. The van der Waals surface area contributed by atoms with Gasteiger partial charge in [0.15, 0.2) is 0 Å². The third kappa shape index (κ3) is 2.52. The van der Waals surface area contributed by atoms with Crippen LogP contribution >= 0.6 is 0 Å². The number of benzene rings is 2. The van der Waals surface area contributed by atoms with E-state index in [2.05, 4.69) is 70.2 Å². The monoisotopic (exact) mass is 290 g/mol. The van der Waals surface area contributed by atoms with E-state index >= 15 is 0 Å². The summed E-state index contributed by atoms with van der Waals surface area (Å²) >= 11 is 0. The van der Waals surface area contributed by atoms with Crippen molar-refractivity contribution in [3.63, 3.8) is 0 Å². The molecule has 2 aromatic carbocycles. The zero-order valence-electron chi connectivity index (χ0n) is 14.2. The van der Waals surface area contributed by atoms with Crippen LogP contribution in [0.1, 0.15) is 62.3 Å². The molecule has 0 unspecified atom stereocenters. The molecule has 1 aliphatic rings. The van der Waals surface area contributed by atoms with Gasteiger partial charge in [-0.1, -0.05) is 75.7 Å². The van der Waals surface area contributed by atoms with E-state index in [4.69, 9.17) is 0 Å². The number of fused-ring (bicyclic) bond motifs is 1. The van der Waals surface area contributed by atoms with E-state index in [9.17, 15) is 0 Å². The van der Waals surface area contributed by atoms with Gasteiger partial charge in [-0.2, -0.15) is 0 Å². The standard InChI is InChI=1S/C22H26/c1-5-16-13-18-12-11-17(6-2)22(21(18)14-16)20-10-8-7-9-19(20)15(3)4/h7-12,14-15H,5-6,13H2,1-4H3. The van der Waals surface area contributed by atoms with Crippen molar-refractivity contribution in [2.75, 3.05) is 0 Å². The third-order valence-electron chi connectivity index (χ3n) is 4.88. The van der Waals surface area contributed by atoms with E-state index in [1.165, 1.54) is 33.4 Å². The Labute approximate surface area is 134 Å². The van der Waals surface area contributed by atoms with Crippen LogP contribution in [0.25, 0.3) is 17.2 Å². The number of allylic oxidation sites excluding steroid dienone is 1. The molecule has 2 aromatic rings. The second-order valence-corrected chi connectivity index (χ2v) is 6.60. The lowest BCUT2D eigenvalue weighted by molar-refractivity contribution is 0.868. The minimum absolute atomic E-state index is 0.549. The first-order valence-electron chi connectivity index (χ1n) is 8.59. The molecule has 0 saturated carbocycles. The Bertz CT molecular complexity index is 717. The second kappa shape index (κ2) is 6.12. The summed E-state index contributed by atoms with van der Waals surface area (Å²) in [5, 5.41) is 0. The Morgan fingerprint density at radius 2 is 1.73 bits per heavy atom. The van der Waals surface area contributed by atoms with Gasteiger partial charge in [-0.05, 0) is 58.6 Å². The first kappa shape index (κ1) is 15.1. The highest BCUT2D eigenvalue weighted by molar-refractivity contribution is 5.84. The summed E-state index contributed by atoms with van der Waals surface area (Å²) in [5.74, 6) is 0.549. The van der Waals surface area contributed by atoms with E-state index in [0.29, 0.717) is 5.92 Å². The van der Waals surface area contributed by atoms with E-state index < -0.39 is 0 Å². The summed E-state index contributed by atoms with van der Waals surface area (Å²) in [6, 6.07) is 13.6.